The van der Waals surface area contributed by atoms with Crippen LogP contribution in [0.4, 0.5) is 0 Å². The van der Waals surface area contributed by atoms with Gasteiger partial charge in [-0.2, -0.15) is 0 Å². The minimum atomic E-state index is -0.810. The Morgan fingerprint density at radius 2 is 1.84 bits per heavy atom. The number of hydrogen-bond donors (Lipinski definition) is 3. The molecule has 2 aliphatic heterocycles. The standard InChI is InChI=1S/C31H36N4O7S/c1-35(2,24(17-36)28(32)38)15-7-10-22-19-43-30-26(33-25(37)16-20-8-5-4-6-9-20)29(39)34(30)27(22)31(40)42-18-21-11-13-23(41-3)14-12-21/h4-14,24,26,30,36H,15-19H2,1-3H3,(H2-,32,33,37,38)/p+1/b10-7+/t24-,26-,30+/m1/s1. The lowest BCUT2D eigenvalue weighted by Crippen LogP contribution is -2.70. The number of nitrogens with two attached hydrogens (primary N) is 1. The highest BCUT2D eigenvalue weighted by Gasteiger charge is 2.54. The van der Waals surface area contributed by atoms with E-state index in [1.54, 1.807) is 57.6 Å². The second kappa shape index (κ2) is 13.9. The van der Waals surface area contributed by atoms with Crippen LogP contribution < -0.4 is 15.8 Å². The van der Waals surface area contributed by atoms with Gasteiger partial charge in [0.2, 0.25) is 5.91 Å². The van der Waals surface area contributed by atoms with E-state index in [-0.39, 0.29) is 29.1 Å². The summed E-state index contributed by atoms with van der Waals surface area (Å²) in [4.78, 5) is 52.8. The van der Waals surface area contributed by atoms with Gasteiger partial charge in [-0.1, -0.05) is 48.5 Å². The molecule has 228 valence electrons. The second-order valence-corrected chi connectivity index (χ2v) is 12.0. The van der Waals surface area contributed by atoms with Crippen LogP contribution in [0.1, 0.15) is 11.1 Å². The number of benzene rings is 2. The monoisotopic (exact) mass is 609 g/mol. The molecule has 11 nitrogen and oxygen atoms in total. The van der Waals surface area contributed by atoms with E-state index >= 15 is 0 Å². The van der Waals surface area contributed by atoms with Crippen molar-refractivity contribution < 1.29 is 38.2 Å². The summed E-state index contributed by atoms with van der Waals surface area (Å²) in [5, 5.41) is 12.0. The van der Waals surface area contributed by atoms with Crippen LogP contribution in [0.3, 0.4) is 0 Å². The van der Waals surface area contributed by atoms with Crippen molar-refractivity contribution in [3.05, 3.63) is 89.1 Å². The average molecular weight is 610 g/mol. The number of methoxy groups -OCH3 is 1. The van der Waals surface area contributed by atoms with Gasteiger partial charge in [-0.25, -0.2) is 4.79 Å². The van der Waals surface area contributed by atoms with Crippen LogP contribution in [0.5, 0.6) is 5.75 Å². The molecule has 0 spiro atoms. The van der Waals surface area contributed by atoms with E-state index in [4.69, 9.17) is 15.2 Å². The van der Waals surface area contributed by atoms with E-state index in [1.165, 1.54) is 16.7 Å². The minimum absolute atomic E-state index is 0.0128. The fraction of sp³-hybridized carbons (Fsp3) is 0.355. The molecule has 4 rings (SSSR count). The molecule has 0 bridgehead atoms. The lowest BCUT2D eigenvalue weighted by Gasteiger charge is -2.49. The maximum absolute atomic E-state index is 13.5. The lowest BCUT2D eigenvalue weighted by molar-refractivity contribution is -0.900. The highest BCUT2D eigenvalue weighted by Crippen LogP contribution is 2.41. The lowest BCUT2D eigenvalue weighted by atomic mass is 10.0. The van der Waals surface area contributed by atoms with E-state index in [1.807, 2.05) is 30.3 Å². The molecule has 2 aromatic carbocycles. The Kier molecular flexibility index (Phi) is 10.3. The zero-order valence-corrected chi connectivity index (χ0v) is 25.2. The summed E-state index contributed by atoms with van der Waals surface area (Å²) in [5.41, 5.74) is 7.72. The summed E-state index contributed by atoms with van der Waals surface area (Å²) in [7, 11) is 5.09. The average Bonchev–Trinajstić information content (AvgIpc) is 2.99. The van der Waals surface area contributed by atoms with E-state index in [2.05, 4.69) is 5.32 Å². The summed E-state index contributed by atoms with van der Waals surface area (Å²) in [5.74, 6) is -0.907. The largest absolute Gasteiger partial charge is 0.497 e. The van der Waals surface area contributed by atoms with E-state index < -0.39 is 41.8 Å². The van der Waals surface area contributed by atoms with E-state index in [9.17, 15) is 24.3 Å². The molecular formula is C31H37N4O7S+. The van der Waals surface area contributed by atoms with Gasteiger partial charge in [-0.15, -0.1) is 11.8 Å². The topological polar surface area (TPSA) is 148 Å². The minimum Gasteiger partial charge on any atom is -0.497 e. The molecule has 2 aromatic rings. The third-order valence-electron chi connectivity index (χ3n) is 7.48. The third kappa shape index (κ3) is 7.45. The highest BCUT2D eigenvalue weighted by molar-refractivity contribution is 8.00. The molecule has 1 saturated heterocycles. The van der Waals surface area contributed by atoms with Crippen molar-refractivity contribution in [2.75, 3.05) is 40.1 Å². The second-order valence-electron chi connectivity index (χ2n) is 10.9. The Morgan fingerprint density at radius 3 is 2.47 bits per heavy atom. The van der Waals surface area contributed by atoms with Gasteiger partial charge < -0.3 is 30.1 Å². The molecule has 0 radical (unpaired) electrons. The summed E-state index contributed by atoms with van der Waals surface area (Å²) >= 11 is 1.43. The number of likely N-dealkylation sites (N-methyl/N-ethyl adjacent to an activating group) is 1. The van der Waals surface area contributed by atoms with Crippen molar-refractivity contribution in [2.24, 2.45) is 5.73 Å². The number of aliphatic hydroxyl groups excluding tert-OH is 1. The smallest absolute Gasteiger partial charge is 0.355 e. The Balaban J connectivity index is 1.53. The first kappa shape index (κ1) is 31.8. The molecule has 1 fully saturated rings. The number of esters is 1. The summed E-state index contributed by atoms with van der Waals surface area (Å²) in [6, 6.07) is 14.7. The van der Waals surface area contributed by atoms with Crippen molar-refractivity contribution in [2.45, 2.75) is 30.5 Å². The van der Waals surface area contributed by atoms with E-state index in [0.717, 1.165) is 11.1 Å². The van der Waals surface area contributed by atoms with Gasteiger partial charge in [0.25, 0.3) is 11.8 Å². The molecule has 0 saturated carbocycles. The Hall–Kier alpha value is -4.13. The first-order valence-electron chi connectivity index (χ1n) is 13.8. The van der Waals surface area contributed by atoms with Crippen molar-refractivity contribution in [1.29, 1.82) is 0 Å². The first-order valence-corrected chi connectivity index (χ1v) is 14.8. The normalized spacial score (nSPS) is 19.0. The quantitative estimate of drug-likeness (QED) is 0.174. The number of allylic oxidation sites excluding steroid dienone is 1. The van der Waals surface area contributed by atoms with Crippen molar-refractivity contribution >= 4 is 35.5 Å². The van der Waals surface area contributed by atoms with Crippen LogP contribution in [-0.2, 0) is 36.9 Å². The fourth-order valence-corrected chi connectivity index (χ4v) is 6.27. The molecule has 4 N–H and O–H groups in total. The predicted molar refractivity (Wildman–Crippen MR) is 161 cm³/mol. The number of carbonyl (C=O) groups is 4. The van der Waals surface area contributed by atoms with Crippen LogP contribution >= 0.6 is 11.8 Å². The number of hydrogen-bond acceptors (Lipinski definition) is 8. The zero-order valence-electron chi connectivity index (χ0n) is 24.4. The van der Waals surface area contributed by atoms with Gasteiger partial charge in [0.05, 0.1) is 34.2 Å². The SMILES string of the molecule is COc1ccc(COC(=O)C2=C(/C=C/C[N+](C)(C)[C@H](CO)C(N)=O)CS[C@H]3[C@H](NC(=O)Cc4ccccc4)C(=O)N23)cc1. The van der Waals surface area contributed by atoms with Crippen LogP contribution in [0.15, 0.2) is 78.0 Å². The number of carbonyl (C=O) groups excluding carboxylic acids is 4. The van der Waals surface area contributed by atoms with Gasteiger partial charge in [0, 0.05) is 5.75 Å². The van der Waals surface area contributed by atoms with Gasteiger partial charge in [-0.3, -0.25) is 19.3 Å². The van der Waals surface area contributed by atoms with Gasteiger partial charge >= 0.3 is 5.97 Å². The molecule has 3 atom stereocenters. The zero-order chi connectivity index (χ0) is 31.1. The molecule has 43 heavy (non-hydrogen) atoms. The maximum atomic E-state index is 13.5. The number of rotatable bonds is 13. The molecule has 2 heterocycles. The third-order valence-corrected chi connectivity index (χ3v) is 8.79. The predicted octanol–water partition coefficient (Wildman–Crippen LogP) is 1.11. The van der Waals surface area contributed by atoms with Crippen LogP contribution in [0.2, 0.25) is 0 Å². The number of aliphatic hydroxyl groups is 1. The molecule has 0 aliphatic carbocycles. The summed E-state index contributed by atoms with van der Waals surface area (Å²) in [6.07, 6.45) is 3.65. The van der Waals surface area contributed by atoms with Crippen molar-refractivity contribution in [3.63, 3.8) is 0 Å². The summed E-state index contributed by atoms with van der Waals surface area (Å²) in [6.45, 7) is -0.0911. The van der Waals surface area contributed by atoms with Crippen molar-refractivity contribution in [1.82, 2.24) is 10.2 Å². The van der Waals surface area contributed by atoms with Crippen molar-refractivity contribution in [3.8, 4) is 5.75 Å². The number of quaternary nitrogens is 1. The molecule has 0 unspecified atom stereocenters. The molecule has 12 heteroatoms. The van der Waals surface area contributed by atoms with Crippen LogP contribution in [-0.4, -0.2) is 95.7 Å². The van der Waals surface area contributed by atoms with Gasteiger partial charge in [-0.05, 0) is 34.9 Å². The van der Waals surface area contributed by atoms with Crippen LogP contribution in [0.25, 0.3) is 0 Å². The number of amides is 3. The molecule has 0 aromatic heterocycles. The number of nitrogens with zero attached hydrogens (tertiary/aromatic N) is 2. The van der Waals surface area contributed by atoms with E-state index in [0.29, 0.717) is 23.6 Å². The number of thioether (sulfide) groups is 1. The number of primary amides is 1. The molecule has 2 aliphatic rings. The molecular weight excluding hydrogens is 572 g/mol. The Labute approximate surface area is 254 Å². The number of fused-ring (bicyclic) bond motifs is 1. The molecule has 3 amide bonds. The number of β-lactam (4-membered cyclic amide) rings is 1. The highest BCUT2D eigenvalue weighted by atomic mass is 32.2. The Morgan fingerprint density at radius 1 is 1.14 bits per heavy atom. The first-order chi connectivity index (χ1) is 20.6. The number of nitrogens with one attached hydrogen (secondary N) is 1. The maximum Gasteiger partial charge on any atom is 0.355 e. The van der Waals surface area contributed by atoms with Gasteiger partial charge in [0.1, 0.15) is 36.1 Å². The van der Waals surface area contributed by atoms with Crippen LogP contribution in [0, 0.1) is 0 Å². The number of ether oxygens (including phenoxy) is 2. The van der Waals surface area contributed by atoms with Gasteiger partial charge in [0.15, 0.2) is 6.04 Å². The fourth-order valence-electron chi connectivity index (χ4n) is 4.95. The summed E-state index contributed by atoms with van der Waals surface area (Å²) < 4.78 is 10.9. The Bertz CT molecular complexity index is 1410.